The molecule has 5 nitrogen and oxygen atoms in total. The third-order valence-corrected chi connectivity index (χ3v) is 3.39. The van der Waals surface area contributed by atoms with Crippen molar-refractivity contribution in [3.63, 3.8) is 0 Å². The molecule has 0 radical (unpaired) electrons. The summed E-state index contributed by atoms with van der Waals surface area (Å²) in [7, 11) is 0. The van der Waals surface area contributed by atoms with Crippen LogP contribution in [0.1, 0.15) is 6.42 Å². The van der Waals surface area contributed by atoms with E-state index in [2.05, 4.69) is 14.8 Å². The minimum atomic E-state index is 0.206. The number of rotatable bonds is 3. The van der Waals surface area contributed by atoms with E-state index in [9.17, 15) is 0 Å². The van der Waals surface area contributed by atoms with Crippen LogP contribution in [0.2, 0.25) is 5.15 Å². The zero-order valence-electron chi connectivity index (χ0n) is 10.3. The summed E-state index contributed by atoms with van der Waals surface area (Å²) in [5, 5.41) is 9.44. The van der Waals surface area contributed by atoms with E-state index in [1.165, 1.54) is 0 Å². The van der Waals surface area contributed by atoms with Gasteiger partial charge in [0.15, 0.2) is 5.82 Å². The van der Waals surface area contributed by atoms with Gasteiger partial charge in [-0.25, -0.2) is 4.98 Å². The highest BCUT2D eigenvalue weighted by Gasteiger charge is 2.17. The van der Waals surface area contributed by atoms with E-state index in [1.807, 2.05) is 0 Å². The van der Waals surface area contributed by atoms with E-state index >= 15 is 0 Å². The Labute approximate surface area is 112 Å². The molecule has 1 aliphatic heterocycles. The number of aliphatic hydroxyl groups excluding tert-OH is 1. The fourth-order valence-corrected chi connectivity index (χ4v) is 2.38. The standard InChI is InChI=1S/C12H19ClN4O/c13-11-3-2-10(14)12(15-11)17-5-1-4-16(6-7-17)8-9-18/h2-3,18H,1,4-9,14H2. The van der Waals surface area contributed by atoms with Crippen molar-refractivity contribution in [2.75, 3.05) is 50.0 Å². The maximum absolute atomic E-state index is 8.97. The van der Waals surface area contributed by atoms with Gasteiger partial charge in [-0.05, 0) is 25.1 Å². The van der Waals surface area contributed by atoms with Crippen LogP contribution in [-0.2, 0) is 0 Å². The Morgan fingerprint density at radius 1 is 1.28 bits per heavy atom. The molecular weight excluding hydrogens is 252 g/mol. The Morgan fingerprint density at radius 3 is 2.89 bits per heavy atom. The molecular formula is C12H19ClN4O. The molecule has 18 heavy (non-hydrogen) atoms. The molecule has 1 aromatic rings. The molecule has 0 aromatic carbocycles. The number of β-amino-alcohol motifs (C(OH)–C–C–N with tert-alkyl or cyclic N) is 1. The number of anilines is 2. The number of hydrogen-bond acceptors (Lipinski definition) is 5. The van der Waals surface area contributed by atoms with Gasteiger partial charge in [-0.1, -0.05) is 11.6 Å². The first-order valence-electron chi connectivity index (χ1n) is 6.21. The summed E-state index contributed by atoms with van der Waals surface area (Å²) in [6.45, 7) is 4.62. The first kappa shape index (κ1) is 13.4. The van der Waals surface area contributed by atoms with Crippen molar-refractivity contribution in [1.82, 2.24) is 9.88 Å². The number of aromatic nitrogens is 1. The normalized spacial score (nSPS) is 17.8. The predicted molar refractivity (Wildman–Crippen MR) is 74.0 cm³/mol. The second-order valence-corrected chi connectivity index (χ2v) is 4.84. The largest absolute Gasteiger partial charge is 0.396 e. The van der Waals surface area contributed by atoms with Crippen molar-refractivity contribution in [2.24, 2.45) is 0 Å². The molecule has 0 atom stereocenters. The molecule has 1 fully saturated rings. The van der Waals surface area contributed by atoms with Crippen LogP contribution in [0.5, 0.6) is 0 Å². The maximum atomic E-state index is 8.97. The Morgan fingerprint density at radius 2 is 2.11 bits per heavy atom. The topological polar surface area (TPSA) is 65.6 Å². The van der Waals surface area contributed by atoms with E-state index < -0.39 is 0 Å². The van der Waals surface area contributed by atoms with Crippen molar-refractivity contribution in [2.45, 2.75) is 6.42 Å². The molecule has 6 heteroatoms. The molecule has 0 unspecified atom stereocenters. The van der Waals surface area contributed by atoms with Gasteiger partial charge in [-0.3, -0.25) is 4.90 Å². The Hall–Kier alpha value is -1.04. The molecule has 100 valence electrons. The average Bonchev–Trinajstić information content (AvgIpc) is 2.58. The molecule has 3 N–H and O–H groups in total. The van der Waals surface area contributed by atoms with Crippen molar-refractivity contribution in [3.05, 3.63) is 17.3 Å². The fourth-order valence-electron chi connectivity index (χ4n) is 2.24. The number of aliphatic hydroxyl groups is 1. The summed E-state index contributed by atoms with van der Waals surface area (Å²) in [5.41, 5.74) is 6.61. The summed E-state index contributed by atoms with van der Waals surface area (Å²) in [6.07, 6.45) is 1.04. The minimum absolute atomic E-state index is 0.206. The molecule has 0 saturated carbocycles. The Kier molecular flexibility index (Phi) is 4.63. The van der Waals surface area contributed by atoms with Crippen LogP contribution in [0.15, 0.2) is 12.1 Å². The number of halogens is 1. The van der Waals surface area contributed by atoms with Gasteiger partial charge in [0.25, 0.3) is 0 Å². The van der Waals surface area contributed by atoms with E-state index in [1.54, 1.807) is 12.1 Å². The lowest BCUT2D eigenvalue weighted by Gasteiger charge is -2.23. The lowest BCUT2D eigenvalue weighted by molar-refractivity contribution is 0.204. The monoisotopic (exact) mass is 270 g/mol. The van der Waals surface area contributed by atoms with Gasteiger partial charge in [-0.15, -0.1) is 0 Å². The van der Waals surface area contributed by atoms with Crippen LogP contribution in [0, 0.1) is 0 Å². The third-order valence-electron chi connectivity index (χ3n) is 3.18. The molecule has 0 amide bonds. The fraction of sp³-hybridized carbons (Fsp3) is 0.583. The zero-order valence-corrected chi connectivity index (χ0v) is 11.1. The van der Waals surface area contributed by atoms with Gasteiger partial charge >= 0.3 is 0 Å². The number of hydrogen-bond donors (Lipinski definition) is 2. The van der Waals surface area contributed by atoms with E-state index in [-0.39, 0.29) is 6.61 Å². The van der Waals surface area contributed by atoms with Gasteiger partial charge in [-0.2, -0.15) is 0 Å². The van der Waals surface area contributed by atoms with Gasteiger partial charge in [0, 0.05) is 26.2 Å². The van der Waals surface area contributed by atoms with E-state index in [0.717, 1.165) is 45.0 Å². The highest BCUT2D eigenvalue weighted by atomic mass is 35.5. The van der Waals surface area contributed by atoms with Crippen LogP contribution >= 0.6 is 11.6 Å². The number of nitrogen functional groups attached to an aromatic ring is 1. The van der Waals surface area contributed by atoms with Crippen LogP contribution in [0.25, 0.3) is 0 Å². The summed E-state index contributed by atoms with van der Waals surface area (Å²) >= 11 is 5.92. The number of nitrogens with two attached hydrogens (primary N) is 1. The van der Waals surface area contributed by atoms with E-state index in [4.69, 9.17) is 22.4 Å². The predicted octanol–water partition coefficient (Wildman–Crippen LogP) is 0.822. The summed E-state index contributed by atoms with van der Waals surface area (Å²) < 4.78 is 0. The summed E-state index contributed by atoms with van der Waals surface area (Å²) in [6, 6.07) is 3.50. The van der Waals surface area contributed by atoms with Gasteiger partial charge < -0.3 is 15.7 Å². The van der Waals surface area contributed by atoms with Crippen molar-refractivity contribution < 1.29 is 5.11 Å². The number of pyridine rings is 1. The highest BCUT2D eigenvalue weighted by Crippen LogP contribution is 2.23. The second kappa shape index (κ2) is 6.22. The quantitative estimate of drug-likeness (QED) is 0.796. The molecule has 0 aliphatic carbocycles. The van der Waals surface area contributed by atoms with Crippen LogP contribution in [-0.4, -0.2) is 54.3 Å². The maximum Gasteiger partial charge on any atom is 0.153 e. The van der Waals surface area contributed by atoms with E-state index in [0.29, 0.717) is 10.8 Å². The molecule has 1 aromatic heterocycles. The Bertz CT molecular complexity index is 402. The van der Waals surface area contributed by atoms with Crippen LogP contribution in [0.3, 0.4) is 0 Å². The smallest absolute Gasteiger partial charge is 0.153 e. The Balaban J connectivity index is 2.07. The summed E-state index contributed by atoms with van der Waals surface area (Å²) in [5.74, 6) is 0.772. The minimum Gasteiger partial charge on any atom is -0.396 e. The molecule has 0 spiro atoms. The van der Waals surface area contributed by atoms with Gasteiger partial charge in [0.05, 0.1) is 12.3 Å². The lowest BCUT2D eigenvalue weighted by Crippen LogP contribution is -2.33. The van der Waals surface area contributed by atoms with Crippen molar-refractivity contribution >= 4 is 23.1 Å². The van der Waals surface area contributed by atoms with Crippen molar-refractivity contribution in [3.8, 4) is 0 Å². The first-order chi connectivity index (χ1) is 8.70. The van der Waals surface area contributed by atoms with Gasteiger partial charge in [0.2, 0.25) is 0 Å². The molecule has 0 bridgehead atoms. The molecule has 1 saturated heterocycles. The highest BCUT2D eigenvalue weighted by molar-refractivity contribution is 6.29. The lowest BCUT2D eigenvalue weighted by atomic mass is 10.3. The number of nitrogens with zero attached hydrogens (tertiary/aromatic N) is 3. The van der Waals surface area contributed by atoms with Gasteiger partial charge in [0.1, 0.15) is 5.15 Å². The molecule has 2 heterocycles. The SMILES string of the molecule is Nc1ccc(Cl)nc1N1CCCN(CCO)CC1. The van der Waals surface area contributed by atoms with Crippen molar-refractivity contribution in [1.29, 1.82) is 0 Å². The first-order valence-corrected chi connectivity index (χ1v) is 6.58. The zero-order chi connectivity index (χ0) is 13.0. The summed E-state index contributed by atoms with van der Waals surface area (Å²) in [4.78, 5) is 8.72. The third kappa shape index (κ3) is 3.25. The second-order valence-electron chi connectivity index (χ2n) is 4.45. The van der Waals surface area contributed by atoms with Crippen LogP contribution in [0.4, 0.5) is 11.5 Å². The molecule has 2 rings (SSSR count). The average molecular weight is 271 g/mol. The molecule has 1 aliphatic rings. The van der Waals surface area contributed by atoms with Crippen LogP contribution < -0.4 is 10.6 Å².